The fourth-order valence-corrected chi connectivity index (χ4v) is 4.29. The molecule has 0 bridgehead atoms. The van der Waals surface area contributed by atoms with Crippen molar-refractivity contribution in [2.75, 3.05) is 6.54 Å². The Morgan fingerprint density at radius 2 is 1.68 bits per heavy atom. The van der Waals surface area contributed by atoms with Gasteiger partial charge in [0.05, 0.1) is 9.88 Å². The third-order valence-corrected chi connectivity index (χ3v) is 5.86. The van der Waals surface area contributed by atoms with Gasteiger partial charge in [-0.15, -0.1) is 11.3 Å². The summed E-state index contributed by atoms with van der Waals surface area (Å²) in [5.74, 6) is 0.189. The molecular weight excluding hydrogens is 366 g/mol. The van der Waals surface area contributed by atoms with Gasteiger partial charge in [0.2, 0.25) is 0 Å². The highest BCUT2D eigenvalue weighted by molar-refractivity contribution is 7.15. The Morgan fingerprint density at radius 3 is 2.25 bits per heavy atom. The van der Waals surface area contributed by atoms with Gasteiger partial charge in [0.15, 0.2) is 0 Å². The largest absolute Gasteiger partial charge is 0.328 e. The van der Waals surface area contributed by atoms with Crippen LogP contribution < -0.4 is 5.73 Å². The van der Waals surface area contributed by atoms with Gasteiger partial charge in [0, 0.05) is 19.1 Å². The van der Waals surface area contributed by atoms with E-state index < -0.39 is 0 Å². The lowest BCUT2D eigenvalue weighted by Crippen LogP contribution is -2.47. The maximum absolute atomic E-state index is 13.7. The van der Waals surface area contributed by atoms with Crippen LogP contribution in [0.3, 0.4) is 0 Å². The molecule has 0 aliphatic carbocycles. The molecule has 0 aliphatic rings. The number of nitrogens with zero attached hydrogens (tertiary/aromatic N) is 2. The van der Waals surface area contributed by atoms with E-state index in [1.54, 1.807) is 11.3 Å². The summed E-state index contributed by atoms with van der Waals surface area (Å²) >= 11 is 1.56. The number of hydrogen-bond donors (Lipinski definition) is 1. The number of rotatable bonds is 7. The maximum atomic E-state index is 13.7. The predicted octanol–water partition coefficient (Wildman–Crippen LogP) is 4.74. The average molecular weight is 394 g/mol. The molecule has 3 rings (SSSR count). The number of hydrogen-bond acceptors (Lipinski definition) is 4. The van der Waals surface area contributed by atoms with Gasteiger partial charge >= 0.3 is 0 Å². The van der Waals surface area contributed by atoms with Crippen LogP contribution in [-0.4, -0.2) is 28.4 Å². The normalized spacial score (nSPS) is 12.2. The minimum Gasteiger partial charge on any atom is -0.328 e. The molecule has 0 saturated carbocycles. The van der Waals surface area contributed by atoms with Gasteiger partial charge in [-0.1, -0.05) is 74.5 Å². The van der Waals surface area contributed by atoms with Crippen molar-refractivity contribution in [2.24, 2.45) is 11.7 Å². The lowest BCUT2D eigenvalue weighted by molar-refractivity contribution is 0.0610. The Labute approximate surface area is 171 Å². The average Bonchev–Trinajstić information content (AvgIpc) is 3.10. The zero-order valence-corrected chi connectivity index (χ0v) is 17.4. The van der Waals surface area contributed by atoms with Crippen LogP contribution in [0.4, 0.5) is 0 Å². The monoisotopic (exact) mass is 393 g/mol. The quantitative estimate of drug-likeness (QED) is 0.630. The number of carbonyl (C=O) groups excluding carboxylic acids is 1. The molecule has 146 valence electrons. The first-order valence-electron chi connectivity index (χ1n) is 9.59. The van der Waals surface area contributed by atoms with Crippen LogP contribution in [0.15, 0.2) is 60.7 Å². The first-order chi connectivity index (χ1) is 13.5. The highest BCUT2D eigenvalue weighted by Crippen LogP contribution is 2.32. The zero-order valence-electron chi connectivity index (χ0n) is 16.6. The molecule has 1 amide bonds. The Hall–Kier alpha value is -2.50. The van der Waals surface area contributed by atoms with Crippen molar-refractivity contribution in [3.63, 3.8) is 0 Å². The second-order valence-corrected chi connectivity index (χ2v) is 8.45. The summed E-state index contributed by atoms with van der Waals surface area (Å²) in [4.78, 5) is 21.1. The van der Waals surface area contributed by atoms with Gasteiger partial charge in [-0.2, -0.15) is 0 Å². The maximum Gasteiger partial charge on any atom is 0.274 e. The zero-order chi connectivity index (χ0) is 20.1. The summed E-state index contributed by atoms with van der Waals surface area (Å²) < 4.78 is 0. The summed E-state index contributed by atoms with van der Waals surface area (Å²) in [6, 6.07) is 20.0. The minimum atomic E-state index is -0.0591. The van der Waals surface area contributed by atoms with Gasteiger partial charge in [-0.25, -0.2) is 4.98 Å². The molecule has 0 fully saturated rings. The van der Waals surface area contributed by atoms with Crippen LogP contribution >= 0.6 is 11.3 Å². The van der Waals surface area contributed by atoms with Crippen LogP contribution in [0.1, 0.15) is 34.9 Å². The van der Waals surface area contributed by atoms with Crippen molar-refractivity contribution in [1.82, 2.24) is 9.88 Å². The van der Waals surface area contributed by atoms with E-state index in [-0.39, 0.29) is 17.9 Å². The standard InChI is InChI=1S/C23H27N3OS/c1-16(2)20(14-24)26(15-18-10-6-4-7-11-18)23(27)21-22(28-17(3)25-21)19-12-8-5-9-13-19/h4-13,16,20H,14-15,24H2,1-3H3. The predicted molar refractivity (Wildman–Crippen MR) is 116 cm³/mol. The fourth-order valence-electron chi connectivity index (χ4n) is 3.37. The number of aryl methyl sites for hydroxylation is 1. The Bertz CT molecular complexity index is 906. The topological polar surface area (TPSA) is 59.2 Å². The molecule has 2 aromatic carbocycles. The van der Waals surface area contributed by atoms with Crippen LogP contribution in [0.25, 0.3) is 10.4 Å². The lowest BCUT2D eigenvalue weighted by Gasteiger charge is -2.33. The van der Waals surface area contributed by atoms with Crippen molar-refractivity contribution >= 4 is 17.2 Å². The highest BCUT2D eigenvalue weighted by Gasteiger charge is 2.30. The van der Waals surface area contributed by atoms with E-state index in [2.05, 4.69) is 18.8 Å². The second-order valence-electron chi connectivity index (χ2n) is 7.24. The molecule has 28 heavy (non-hydrogen) atoms. The van der Waals surface area contributed by atoms with Crippen molar-refractivity contribution in [2.45, 2.75) is 33.4 Å². The molecule has 0 radical (unpaired) electrons. The third kappa shape index (κ3) is 4.49. The summed E-state index contributed by atoms with van der Waals surface area (Å²) in [5, 5.41) is 0.885. The molecule has 1 aromatic heterocycles. The lowest BCUT2D eigenvalue weighted by atomic mass is 10.0. The molecule has 4 nitrogen and oxygen atoms in total. The number of amides is 1. The third-order valence-electron chi connectivity index (χ3n) is 4.84. The summed E-state index contributed by atoms with van der Waals surface area (Å²) in [7, 11) is 0. The van der Waals surface area contributed by atoms with E-state index in [1.165, 1.54) is 0 Å². The van der Waals surface area contributed by atoms with Crippen molar-refractivity contribution < 1.29 is 4.79 Å². The number of aromatic nitrogens is 1. The number of nitrogens with two attached hydrogens (primary N) is 1. The highest BCUT2D eigenvalue weighted by atomic mass is 32.1. The second kappa shape index (κ2) is 9.13. The number of benzene rings is 2. The first kappa shape index (κ1) is 20.2. The molecule has 1 atom stereocenters. The van der Waals surface area contributed by atoms with Gasteiger partial charge in [0.25, 0.3) is 5.91 Å². The molecule has 5 heteroatoms. The van der Waals surface area contributed by atoms with Gasteiger partial charge in [0.1, 0.15) is 5.69 Å². The SMILES string of the molecule is Cc1nc(C(=O)N(Cc2ccccc2)C(CN)C(C)C)c(-c2ccccc2)s1. The number of thiazole rings is 1. The van der Waals surface area contributed by atoms with Crippen LogP contribution in [0, 0.1) is 12.8 Å². The van der Waals surface area contributed by atoms with Gasteiger partial charge < -0.3 is 10.6 Å². The molecular formula is C23H27N3OS. The Morgan fingerprint density at radius 1 is 1.07 bits per heavy atom. The minimum absolute atomic E-state index is 0.0571. The fraction of sp³-hybridized carbons (Fsp3) is 0.304. The number of carbonyl (C=O) groups is 1. The van der Waals surface area contributed by atoms with E-state index >= 15 is 0 Å². The van der Waals surface area contributed by atoms with Crippen molar-refractivity contribution in [3.8, 4) is 10.4 Å². The van der Waals surface area contributed by atoms with E-state index in [0.717, 1.165) is 21.0 Å². The molecule has 0 spiro atoms. The van der Waals surface area contributed by atoms with Crippen LogP contribution in [-0.2, 0) is 6.54 Å². The Balaban J connectivity index is 2.02. The molecule has 0 saturated heterocycles. The van der Waals surface area contributed by atoms with Crippen molar-refractivity contribution in [1.29, 1.82) is 0 Å². The molecule has 0 aliphatic heterocycles. The summed E-state index contributed by atoms with van der Waals surface area (Å²) in [6.45, 7) is 7.09. The van der Waals surface area contributed by atoms with E-state index in [0.29, 0.717) is 18.8 Å². The molecule has 3 aromatic rings. The van der Waals surface area contributed by atoms with E-state index in [4.69, 9.17) is 5.73 Å². The first-order valence-corrected chi connectivity index (χ1v) is 10.4. The van der Waals surface area contributed by atoms with Gasteiger partial charge in [-0.05, 0) is 24.0 Å². The smallest absolute Gasteiger partial charge is 0.274 e. The van der Waals surface area contributed by atoms with Crippen LogP contribution in [0.5, 0.6) is 0 Å². The summed E-state index contributed by atoms with van der Waals surface area (Å²) in [6.07, 6.45) is 0. The molecule has 2 N–H and O–H groups in total. The summed E-state index contributed by atoms with van der Waals surface area (Å²) in [5.41, 5.74) is 8.71. The van der Waals surface area contributed by atoms with Gasteiger partial charge in [-0.3, -0.25) is 4.79 Å². The van der Waals surface area contributed by atoms with E-state index in [1.807, 2.05) is 72.5 Å². The Kier molecular flexibility index (Phi) is 6.60. The molecule has 1 heterocycles. The molecule has 1 unspecified atom stereocenters. The van der Waals surface area contributed by atoms with E-state index in [9.17, 15) is 4.79 Å². The van der Waals surface area contributed by atoms with Crippen molar-refractivity contribution in [3.05, 3.63) is 76.9 Å². The van der Waals surface area contributed by atoms with Crippen LogP contribution in [0.2, 0.25) is 0 Å².